The molecule has 1 fully saturated rings. The average Bonchev–Trinajstić information content (AvgIpc) is 2.47. The van der Waals surface area contributed by atoms with Crippen molar-refractivity contribution in [2.75, 3.05) is 19.7 Å². The van der Waals surface area contributed by atoms with E-state index in [1.165, 1.54) is 12.1 Å². The maximum Gasteiger partial charge on any atom is 0.256 e. The van der Waals surface area contributed by atoms with Gasteiger partial charge in [-0.25, -0.2) is 4.39 Å². The predicted octanol–water partition coefficient (Wildman–Crippen LogP) is 3.21. The van der Waals surface area contributed by atoms with Gasteiger partial charge in [-0.1, -0.05) is 22.9 Å². The fourth-order valence-corrected chi connectivity index (χ4v) is 2.97. The number of carbonyl (C=O) groups is 1. The highest BCUT2D eigenvalue weighted by atomic mass is 79.9. The Morgan fingerprint density at radius 3 is 2.60 bits per heavy atom. The maximum absolute atomic E-state index is 13.8. The van der Waals surface area contributed by atoms with E-state index in [1.54, 1.807) is 11.0 Å². The van der Waals surface area contributed by atoms with Gasteiger partial charge in [-0.2, -0.15) is 0 Å². The summed E-state index contributed by atoms with van der Waals surface area (Å²) < 4.78 is 14.4. The van der Waals surface area contributed by atoms with Gasteiger partial charge in [0.15, 0.2) is 0 Å². The van der Waals surface area contributed by atoms with Crippen LogP contribution in [0, 0.1) is 11.2 Å². The Morgan fingerprint density at radius 1 is 1.45 bits per heavy atom. The third kappa shape index (κ3) is 3.04. The van der Waals surface area contributed by atoms with Crippen LogP contribution in [0.1, 0.15) is 36.5 Å². The summed E-state index contributed by atoms with van der Waals surface area (Å²) in [5.41, 5.74) is 0.0379. The van der Waals surface area contributed by atoms with Gasteiger partial charge in [0.05, 0.1) is 5.56 Å². The zero-order valence-corrected chi connectivity index (χ0v) is 13.1. The van der Waals surface area contributed by atoms with E-state index >= 15 is 0 Å². The molecule has 110 valence electrons. The lowest BCUT2D eigenvalue weighted by molar-refractivity contribution is 0.0335. The van der Waals surface area contributed by atoms with Crippen molar-refractivity contribution in [1.29, 1.82) is 0 Å². The second kappa shape index (κ2) is 6.22. The third-order valence-electron chi connectivity index (χ3n) is 4.36. The van der Waals surface area contributed by atoms with Crippen molar-refractivity contribution < 1.29 is 14.3 Å². The molecular weight excluding hydrogens is 325 g/mol. The summed E-state index contributed by atoms with van der Waals surface area (Å²) in [6, 6.07) is 4.49. The van der Waals surface area contributed by atoms with E-state index in [4.69, 9.17) is 0 Å². The first-order valence-electron chi connectivity index (χ1n) is 6.86. The SMILES string of the molecule is CCC1(CO)CCN(C(=O)c2ccc(Br)cc2F)CC1. The molecule has 20 heavy (non-hydrogen) atoms. The van der Waals surface area contributed by atoms with Crippen molar-refractivity contribution in [2.24, 2.45) is 5.41 Å². The minimum Gasteiger partial charge on any atom is -0.396 e. The molecule has 0 bridgehead atoms. The summed E-state index contributed by atoms with van der Waals surface area (Å²) in [6.07, 6.45) is 2.44. The van der Waals surface area contributed by atoms with Gasteiger partial charge in [0.25, 0.3) is 5.91 Å². The first kappa shape index (κ1) is 15.4. The van der Waals surface area contributed by atoms with Crippen LogP contribution in [-0.2, 0) is 0 Å². The van der Waals surface area contributed by atoms with Gasteiger partial charge in [-0.3, -0.25) is 4.79 Å². The minimum absolute atomic E-state index is 0.0744. The van der Waals surface area contributed by atoms with Gasteiger partial charge in [-0.05, 0) is 42.9 Å². The maximum atomic E-state index is 13.8. The largest absolute Gasteiger partial charge is 0.396 e. The van der Waals surface area contributed by atoms with Crippen LogP contribution in [0.3, 0.4) is 0 Å². The Hall–Kier alpha value is -0.940. The fraction of sp³-hybridized carbons (Fsp3) is 0.533. The number of rotatable bonds is 3. The zero-order valence-electron chi connectivity index (χ0n) is 11.5. The highest BCUT2D eigenvalue weighted by molar-refractivity contribution is 9.10. The molecule has 0 unspecified atom stereocenters. The van der Waals surface area contributed by atoms with Gasteiger partial charge >= 0.3 is 0 Å². The molecule has 3 nitrogen and oxygen atoms in total. The Bertz CT molecular complexity index is 493. The number of amides is 1. The Balaban J connectivity index is 2.09. The Labute approximate surface area is 126 Å². The number of aliphatic hydroxyl groups is 1. The first-order valence-corrected chi connectivity index (χ1v) is 7.66. The summed E-state index contributed by atoms with van der Waals surface area (Å²) in [6.45, 7) is 3.35. The van der Waals surface area contributed by atoms with Crippen LogP contribution in [0.5, 0.6) is 0 Å². The van der Waals surface area contributed by atoms with Crippen LogP contribution in [0.4, 0.5) is 4.39 Å². The predicted molar refractivity (Wildman–Crippen MR) is 79.0 cm³/mol. The van der Waals surface area contributed by atoms with Crippen LogP contribution in [-0.4, -0.2) is 35.6 Å². The van der Waals surface area contributed by atoms with Crippen molar-refractivity contribution in [3.05, 3.63) is 34.1 Å². The van der Waals surface area contributed by atoms with Crippen molar-refractivity contribution in [3.8, 4) is 0 Å². The topological polar surface area (TPSA) is 40.5 Å². The van der Waals surface area contributed by atoms with Crippen molar-refractivity contribution in [3.63, 3.8) is 0 Å². The standard InChI is InChI=1S/C15H19BrFNO2/c1-2-15(10-19)5-7-18(8-6-15)14(20)12-4-3-11(16)9-13(12)17/h3-4,9,19H,2,5-8,10H2,1H3. The molecule has 0 spiro atoms. The number of piperidine rings is 1. The number of likely N-dealkylation sites (tertiary alicyclic amines) is 1. The third-order valence-corrected chi connectivity index (χ3v) is 4.85. The van der Waals surface area contributed by atoms with E-state index in [9.17, 15) is 14.3 Å². The summed E-state index contributed by atoms with van der Waals surface area (Å²) in [5, 5.41) is 9.49. The molecule has 1 N–H and O–H groups in total. The molecule has 0 saturated carbocycles. The van der Waals surface area contributed by atoms with E-state index in [0.717, 1.165) is 19.3 Å². The van der Waals surface area contributed by atoms with Gasteiger partial charge in [0.1, 0.15) is 5.82 Å². The molecule has 0 aromatic heterocycles. The Morgan fingerprint density at radius 2 is 2.10 bits per heavy atom. The van der Waals surface area contributed by atoms with Crippen molar-refractivity contribution in [2.45, 2.75) is 26.2 Å². The molecule has 1 aromatic carbocycles. The molecule has 2 rings (SSSR count). The molecule has 0 radical (unpaired) electrons. The summed E-state index contributed by atoms with van der Waals surface area (Å²) in [5.74, 6) is -0.767. The molecule has 1 aromatic rings. The highest BCUT2D eigenvalue weighted by Crippen LogP contribution is 2.34. The monoisotopic (exact) mass is 343 g/mol. The van der Waals surface area contributed by atoms with Gasteiger partial charge in [0, 0.05) is 24.2 Å². The van der Waals surface area contributed by atoms with Gasteiger partial charge in [0.2, 0.25) is 0 Å². The van der Waals surface area contributed by atoms with Crippen molar-refractivity contribution in [1.82, 2.24) is 4.90 Å². The molecular formula is C15H19BrFNO2. The lowest BCUT2D eigenvalue weighted by Gasteiger charge is -2.40. The highest BCUT2D eigenvalue weighted by Gasteiger charge is 2.34. The number of hydrogen-bond donors (Lipinski definition) is 1. The second-order valence-corrected chi connectivity index (χ2v) is 6.34. The summed E-state index contributed by atoms with van der Waals surface area (Å²) >= 11 is 3.18. The molecule has 5 heteroatoms. The minimum atomic E-state index is -0.501. The van der Waals surface area contributed by atoms with E-state index in [-0.39, 0.29) is 23.5 Å². The molecule has 1 amide bonds. The van der Waals surface area contributed by atoms with Gasteiger partial charge in [-0.15, -0.1) is 0 Å². The lowest BCUT2D eigenvalue weighted by atomic mass is 9.77. The zero-order chi connectivity index (χ0) is 14.8. The molecule has 1 aliphatic heterocycles. The lowest BCUT2D eigenvalue weighted by Crippen LogP contribution is -2.44. The van der Waals surface area contributed by atoms with E-state index < -0.39 is 5.82 Å². The molecule has 1 aliphatic rings. The smallest absolute Gasteiger partial charge is 0.256 e. The van der Waals surface area contributed by atoms with E-state index in [0.29, 0.717) is 17.6 Å². The van der Waals surface area contributed by atoms with Crippen LogP contribution in [0.25, 0.3) is 0 Å². The first-order chi connectivity index (χ1) is 9.51. The number of carbonyl (C=O) groups excluding carboxylic acids is 1. The van der Waals surface area contributed by atoms with Crippen LogP contribution in [0.2, 0.25) is 0 Å². The molecule has 0 aliphatic carbocycles. The normalized spacial score (nSPS) is 18.1. The average molecular weight is 344 g/mol. The number of halogens is 2. The molecule has 0 atom stereocenters. The summed E-state index contributed by atoms with van der Waals surface area (Å²) in [7, 11) is 0. The molecule has 1 saturated heterocycles. The molecule has 1 heterocycles. The van der Waals surface area contributed by atoms with Crippen LogP contribution < -0.4 is 0 Å². The number of aliphatic hydroxyl groups excluding tert-OH is 1. The number of nitrogens with zero attached hydrogens (tertiary/aromatic N) is 1. The Kier molecular flexibility index (Phi) is 4.81. The van der Waals surface area contributed by atoms with E-state index in [2.05, 4.69) is 22.9 Å². The summed E-state index contributed by atoms with van der Waals surface area (Å²) in [4.78, 5) is 14.0. The number of hydrogen-bond acceptors (Lipinski definition) is 2. The number of benzene rings is 1. The quantitative estimate of drug-likeness (QED) is 0.915. The van der Waals surface area contributed by atoms with Crippen molar-refractivity contribution >= 4 is 21.8 Å². The second-order valence-electron chi connectivity index (χ2n) is 5.43. The fourth-order valence-electron chi connectivity index (χ4n) is 2.64. The van der Waals surface area contributed by atoms with Gasteiger partial charge < -0.3 is 10.0 Å². The van der Waals surface area contributed by atoms with E-state index in [1.807, 2.05) is 0 Å². The van der Waals surface area contributed by atoms with Crippen LogP contribution in [0.15, 0.2) is 22.7 Å². The van der Waals surface area contributed by atoms with Crippen LogP contribution >= 0.6 is 15.9 Å².